The molecule has 1 heterocycles. The van der Waals surface area contributed by atoms with Gasteiger partial charge in [0.25, 0.3) is 0 Å². The Balaban J connectivity index is 0.00000176. The van der Waals surface area contributed by atoms with Gasteiger partial charge in [0, 0.05) is 26.1 Å². The summed E-state index contributed by atoms with van der Waals surface area (Å²) in [5, 5.41) is 8.04. The predicted octanol–water partition coefficient (Wildman–Crippen LogP) is 3.42. The Morgan fingerprint density at radius 1 is 1.41 bits per heavy atom. The minimum Gasteiger partial charge on any atom is -0.356 e. The summed E-state index contributed by atoms with van der Waals surface area (Å²) in [7, 11) is 1.83. The van der Waals surface area contributed by atoms with E-state index >= 15 is 0 Å². The zero-order valence-electron chi connectivity index (χ0n) is 13.0. The van der Waals surface area contributed by atoms with Crippen LogP contribution in [0.5, 0.6) is 0 Å². The van der Waals surface area contributed by atoms with E-state index in [1.807, 2.05) is 13.1 Å². The molecule has 6 heteroatoms. The van der Waals surface area contributed by atoms with Crippen LogP contribution in [0.25, 0.3) is 10.2 Å². The Kier molecular flexibility index (Phi) is 6.43. The maximum atomic E-state index is 4.66. The molecule has 1 aliphatic rings. The number of hydrogen-bond acceptors (Lipinski definition) is 3. The highest BCUT2D eigenvalue weighted by molar-refractivity contribution is 14.0. The third-order valence-electron chi connectivity index (χ3n) is 3.85. The van der Waals surface area contributed by atoms with Gasteiger partial charge in [-0.3, -0.25) is 4.99 Å². The summed E-state index contributed by atoms with van der Waals surface area (Å²) in [4.78, 5) is 8.93. The van der Waals surface area contributed by atoms with Gasteiger partial charge in [0.2, 0.25) is 0 Å². The molecule has 4 nitrogen and oxygen atoms in total. The number of aromatic nitrogens is 1. The fraction of sp³-hybridized carbons (Fsp3) is 0.500. The molecule has 2 N–H and O–H groups in total. The number of rotatable bonds is 5. The second-order valence-electron chi connectivity index (χ2n) is 5.64. The topological polar surface area (TPSA) is 49.3 Å². The number of para-hydroxylation sites is 1. The quantitative estimate of drug-likeness (QED) is 0.331. The molecular formula is C16H23IN4S. The Morgan fingerprint density at radius 2 is 2.18 bits per heavy atom. The van der Waals surface area contributed by atoms with Crippen LogP contribution < -0.4 is 10.6 Å². The van der Waals surface area contributed by atoms with E-state index in [-0.39, 0.29) is 24.0 Å². The number of nitrogens with zero attached hydrogens (tertiary/aromatic N) is 2. The van der Waals surface area contributed by atoms with Crippen LogP contribution >= 0.6 is 35.3 Å². The summed E-state index contributed by atoms with van der Waals surface area (Å²) < 4.78 is 1.28. The lowest BCUT2D eigenvalue weighted by atomic mass is 10.3. The Labute approximate surface area is 152 Å². The molecule has 3 rings (SSSR count). The van der Waals surface area contributed by atoms with Crippen molar-refractivity contribution in [3.8, 4) is 0 Å². The normalized spacial score (nSPS) is 20.5. The van der Waals surface area contributed by atoms with Gasteiger partial charge in [-0.1, -0.05) is 19.1 Å². The Morgan fingerprint density at radius 3 is 2.86 bits per heavy atom. The molecule has 0 aliphatic heterocycles. The Hall–Kier alpha value is -0.890. The van der Waals surface area contributed by atoms with Crippen molar-refractivity contribution in [3.63, 3.8) is 0 Å². The van der Waals surface area contributed by atoms with E-state index in [1.54, 1.807) is 11.3 Å². The van der Waals surface area contributed by atoms with Gasteiger partial charge in [0.15, 0.2) is 5.96 Å². The summed E-state index contributed by atoms with van der Waals surface area (Å²) in [6.07, 6.45) is 3.34. The fourth-order valence-electron chi connectivity index (χ4n) is 2.37. The first-order chi connectivity index (χ1) is 10.3. The highest BCUT2D eigenvalue weighted by Crippen LogP contribution is 2.28. The lowest BCUT2D eigenvalue weighted by Gasteiger charge is -2.10. The van der Waals surface area contributed by atoms with Gasteiger partial charge < -0.3 is 10.6 Å². The summed E-state index contributed by atoms with van der Waals surface area (Å²) in [5.74, 6) is 1.71. The first-order valence-electron chi connectivity index (χ1n) is 7.58. The van der Waals surface area contributed by atoms with Crippen molar-refractivity contribution in [2.75, 3.05) is 13.6 Å². The van der Waals surface area contributed by atoms with Gasteiger partial charge >= 0.3 is 0 Å². The van der Waals surface area contributed by atoms with E-state index in [2.05, 4.69) is 45.7 Å². The van der Waals surface area contributed by atoms with E-state index in [0.29, 0.717) is 6.04 Å². The van der Waals surface area contributed by atoms with Gasteiger partial charge in [0.05, 0.1) is 15.2 Å². The molecule has 1 saturated carbocycles. The lowest BCUT2D eigenvalue weighted by Crippen LogP contribution is -2.39. The molecule has 22 heavy (non-hydrogen) atoms. The number of halogens is 1. The zero-order chi connectivity index (χ0) is 14.7. The fourth-order valence-corrected chi connectivity index (χ4v) is 3.38. The summed E-state index contributed by atoms with van der Waals surface area (Å²) in [5.41, 5.74) is 1.12. The number of hydrogen-bond donors (Lipinski definition) is 2. The van der Waals surface area contributed by atoms with Crippen LogP contribution in [0.3, 0.4) is 0 Å². The standard InChI is InChI=1S/C16H22N4S.HI/c1-11-10-13(11)20-16(17-2)18-9-5-8-15-19-12-6-3-4-7-14(12)21-15;/h3-4,6-7,11,13H,5,8-10H2,1-2H3,(H2,17,18,20);1H. The van der Waals surface area contributed by atoms with Crippen molar-refractivity contribution in [1.29, 1.82) is 0 Å². The average Bonchev–Trinajstić information content (AvgIpc) is 3.02. The molecule has 0 bridgehead atoms. The molecule has 2 atom stereocenters. The molecule has 1 fully saturated rings. The van der Waals surface area contributed by atoms with Crippen LogP contribution in [-0.4, -0.2) is 30.6 Å². The van der Waals surface area contributed by atoms with Crippen LogP contribution in [0.15, 0.2) is 29.3 Å². The first-order valence-corrected chi connectivity index (χ1v) is 8.39. The monoisotopic (exact) mass is 430 g/mol. The number of nitrogens with one attached hydrogen (secondary N) is 2. The molecule has 0 radical (unpaired) electrons. The highest BCUT2D eigenvalue weighted by atomic mass is 127. The molecule has 0 spiro atoms. The van der Waals surface area contributed by atoms with Crippen LogP contribution in [0, 0.1) is 5.92 Å². The third-order valence-corrected chi connectivity index (χ3v) is 4.95. The maximum absolute atomic E-state index is 4.66. The largest absolute Gasteiger partial charge is 0.356 e. The van der Waals surface area contributed by atoms with Gasteiger partial charge in [-0.25, -0.2) is 4.98 Å². The van der Waals surface area contributed by atoms with Crippen molar-refractivity contribution in [3.05, 3.63) is 29.3 Å². The maximum Gasteiger partial charge on any atom is 0.191 e. The minimum atomic E-state index is 0. The van der Waals surface area contributed by atoms with Crippen molar-refractivity contribution < 1.29 is 0 Å². The summed E-state index contributed by atoms with van der Waals surface area (Å²) in [6, 6.07) is 8.94. The second-order valence-corrected chi connectivity index (χ2v) is 6.76. The van der Waals surface area contributed by atoms with E-state index in [0.717, 1.165) is 36.8 Å². The van der Waals surface area contributed by atoms with Gasteiger partial charge in [-0.2, -0.15) is 0 Å². The molecule has 1 aliphatic carbocycles. The van der Waals surface area contributed by atoms with E-state index in [4.69, 9.17) is 0 Å². The molecule has 1 aromatic heterocycles. The third kappa shape index (κ3) is 4.55. The van der Waals surface area contributed by atoms with Gasteiger partial charge in [0.1, 0.15) is 0 Å². The van der Waals surface area contributed by atoms with Crippen LogP contribution in [-0.2, 0) is 6.42 Å². The van der Waals surface area contributed by atoms with Crippen molar-refractivity contribution in [1.82, 2.24) is 15.6 Å². The highest BCUT2D eigenvalue weighted by Gasteiger charge is 2.33. The molecular weight excluding hydrogens is 407 g/mol. The van der Waals surface area contributed by atoms with E-state index < -0.39 is 0 Å². The van der Waals surface area contributed by atoms with E-state index in [9.17, 15) is 0 Å². The van der Waals surface area contributed by atoms with Gasteiger partial charge in [-0.05, 0) is 30.9 Å². The molecule has 1 aromatic carbocycles. The average molecular weight is 430 g/mol. The predicted molar refractivity (Wildman–Crippen MR) is 105 cm³/mol. The van der Waals surface area contributed by atoms with Gasteiger partial charge in [-0.15, -0.1) is 35.3 Å². The molecule has 2 unspecified atom stereocenters. The van der Waals surface area contributed by atoms with Crippen LogP contribution in [0.4, 0.5) is 0 Å². The number of benzene rings is 1. The number of aliphatic imine (C=N–C) groups is 1. The molecule has 0 amide bonds. The SMILES string of the molecule is CN=C(NCCCc1nc2ccccc2s1)NC1CC1C.I. The number of aryl methyl sites for hydroxylation is 1. The molecule has 0 saturated heterocycles. The van der Waals surface area contributed by atoms with Crippen molar-refractivity contribution >= 4 is 51.5 Å². The van der Waals surface area contributed by atoms with Crippen molar-refractivity contribution in [2.24, 2.45) is 10.9 Å². The van der Waals surface area contributed by atoms with Crippen LogP contribution in [0.1, 0.15) is 24.8 Å². The zero-order valence-corrected chi connectivity index (χ0v) is 16.2. The first kappa shape index (κ1) is 17.5. The van der Waals surface area contributed by atoms with E-state index in [1.165, 1.54) is 16.1 Å². The Bertz CT molecular complexity index is 607. The smallest absolute Gasteiger partial charge is 0.191 e. The number of thiazole rings is 1. The number of guanidine groups is 1. The lowest BCUT2D eigenvalue weighted by molar-refractivity contribution is 0.725. The van der Waals surface area contributed by atoms with Crippen LogP contribution in [0.2, 0.25) is 0 Å². The van der Waals surface area contributed by atoms with Crippen molar-refractivity contribution in [2.45, 2.75) is 32.2 Å². The number of fused-ring (bicyclic) bond motifs is 1. The minimum absolute atomic E-state index is 0. The summed E-state index contributed by atoms with van der Waals surface area (Å²) in [6.45, 7) is 3.19. The molecule has 120 valence electrons. The summed E-state index contributed by atoms with van der Waals surface area (Å²) >= 11 is 1.80. The molecule has 2 aromatic rings. The second kappa shape index (κ2) is 8.10.